The molecule has 0 spiro atoms. The molecule has 5 N–H and O–H groups in total. The molecular weight excluding hydrogens is 166 g/mol. The second-order valence-corrected chi connectivity index (χ2v) is 3.35. The summed E-state index contributed by atoms with van der Waals surface area (Å²) in [7, 11) is 0. The molecule has 0 saturated heterocycles. The number of primary amides is 1. The normalized spacial score (nSPS) is 13.2. The second-order valence-electron chi connectivity index (χ2n) is 3.35. The molecule has 0 radical (unpaired) electrons. The summed E-state index contributed by atoms with van der Waals surface area (Å²) in [4.78, 5) is 10.6. The van der Waals surface area contributed by atoms with Crippen LogP contribution in [0.15, 0.2) is 0 Å². The monoisotopic (exact) mass is 187 g/mol. The predicted octanol–water partition coefficient (Wildman–Crippen LogP) is -0.175. The molecule has 0 heterocycles. The summed E-state index contributed by atoms with van der Waals surface area (Å²) >= 11 is 0. The Labute approximate surface area is 80.0 Å². The van der Waals surface area contributed by atoms with Crippen LogP contribution in [0, 0.1) is 5.92 Å². The Morgan fingerprint density at radius 1 is 1.31 bits per heavy atom. The van der Waals surface area contributed by atoms with E-state index in [0.29, 0.717) is 12.5 Å². The molecule has 0 aromatic carbocycles. The van der Waals surface area contributed by atoms with Gasteiger partial charge in [-0.15, -0.1) is 0 Å². The van der Waals surface area contributed by atoms with Crippen molar-refractivity contribution in [2.24, 2.45) is 17.4 Å². The van der Waals surface area contributed by atoms with Gasteiger partial charge in [0.25, 0.3) is 0 Å². The third-order valence-electron chi connectivity index (χ3n) is 2.32. The lowest BCUT2D eigenvalue weighted by Gasteiger charge is -2.14. The minimum atomic E-state index is -0.561. The van der Waals surface area contributed by atoms with Gasteiger partial charge < -0.3 is 16.8 Å². The summed E-state index contributed by atoms with van der Waals surface area (Å²) in [5.41, 5.74) is 10.5. The smallest absolute Gasteiger partial charge is 0.235 e. The van der Waals surface area contributed by atoms with Crippen LogP contribution in [0.1, 0.15) is 26.7 Å². The summed E-state index contributed by atoms with van der Waals surface area (Å²) in [5, 5.41) is 3.14. The Kier molecular flexibility index (Phi) is 6.54. The van der Waals surface area contributed by atoms with Gasteiger partial charge in [0.15, 0.2) is 0 Å². The highest BCUT2D eigenvalue weighted by Crippen LogP contribution is 2.04. The molecule has 0 aliphatic rings. The summed E-state index contributed by atoms with van der Waals surface area (Å²) in [6.45, 7) is 5.70. The molecule has 0 aliphatic heterocycles. The van der Waals surface area contributed by atoms with E-state index in [-0.39, 0.29) is 0 Å². The van der Waals surface area contributed by atoms with E-state index >= 15 is 0 Å². The molecule has 0 saturated carbocycles. The minimum absolute atomic E-state index is 0.447. The van der Waals surface area contributed by atoms with Crippen LogP contribution in [0.2, 0.25) is 0 Å². The lowest BCUT2D eigenvalue weighted by Crippen LogP contribution is -2.45. The van der Waals surface area contributed by atoms with Crippen molar-refractivity contribution in [2.75, 3.05) is 13.1 Å². The van der Waals surface area contributed by atoms with Crippen molar-refractivity contribution in [3.8, 4) is 0 Å². The average Bonchev–Trinajstić information content (AvgIpc) is 2.12. The van der Waals surface area contributed by atoms with E-state index in [0.717, 1.165) is 19.4 Å². The first kappa shape index (κ1) is 12.4. The first-order valence-electron chi connectivity index (χ1n) is 4.87. The van der Waals surface area contributed by atoms with Crippen molar-refractivity contribution in [1.29, 1.82) is 0 Å². The second kappa shape index (κ2) is 6.86. The Hall–Kier alpha value is -0.610. The number of carbonyl (C=O) groups is 1. The van der Waals surface area contributed by atoms with Gasteiger partial charge in [0.1, 0.15) is 0 Å². The molecule has 1 atom stereocenters. The Balaban J connectivity index is 3.48. The van der Waals surface area contributed by atoms with Crippen molar-refractivity contribution < 1.29 is 4.79 Å². The molecule has 78 valence electrons. The first-order valence-corrected chi connectivity index (χ1v) is 4.87. The third kappa shape index (κ3) is 5.60. The first-order chi connectivity index (χ1) is 6.11. The average molecular weight is 187 g/mol. The molecule has 0 fully saturated rings. The van der Waals surface area contributed by atoms with Gasteiger partial charge in [-0.1, -0.05) is 26.7 Å². The van der Waals surface area contributed by atoms with E-state index in [1.165, 1.54) is 0 Å². The van der Waals surface area contributed by atoms with Gasteiger partial charge in [-0.2, -0.15) is 0 Å². The number of nitrogens with two attached hydrogens (primary N) is 2. The van der Waals surface area contributed by atoms with Crippen LogP contribution >= 0.6 is 0 Å². The molecule has 13 heavy (non-hydrogen) atoms. The van der Waals surface area contributed by atoms with Crippen LogP contribution in [0.4, 0.5) is 0 Å². The number of hydrogen-bond donors (Lipinski definition) is 3. The zero-order valence-corrected chi connectivity index (χ0v) is 8.55. The summed E-state index contributed by atoms with van der Waals surface area (Å²) in [6.07, 6.45) is 2.30. The van der Waals surface area contributed by atoms with E-state index in [4.69, 9.17) is 11.5 Å². The number of rotatable bonds is 7. The zero-order chi connectivity index (χ0) is 10.3. The quantitative estimate of drug-likeness (QED) is 0.517. The van der Waals surface area contributed by atoms with Crippen LogP contribution in [0.25, 0.3) is 0 Å². The van der Waals surface area contributed by atoms with Crippen molar-refractivity contribution in [2.45, 2.75) is 32.7 Å². The van der Waals surface area contributed by atoms with Crippen molar-refractivity contribution in [1.82, 2.24) is 5.32 Å². The van der Waals surface area contributed by atoms with Gasteiger partial charge in [0.05, 0.1) is 6.04 Å². The highest BCUT2D eigenvalue weighted by atomic mass is 16.1. The number of carbonyl (C=O) groups excluding carboxylic acids is 1. The Bertz CT molecular complexity index is 146. The highest BCUT2D eigenvalue weighted by molar-refractivity contribution is 5.79. The lowest BCUT2D eigenvalue weighted by molar-refractivity contribution is -0.119. The number of hydrogen-bond acceptors (Lipinski definition) is 3. The number of amides is 1. The molecule has 0 bridgehead atoms. The molecule has 4 heteroatoms. The van der Waals surface area contributed by atoms with Crippen molar-refractivity contribution in [3.05, 3.63) is 0 Å². The molecular formula is C9H21N3O. The molecule has 1 unspecified atom stereocenters. The highest BCUT2D eigenvalue weighted by Gasteiger charge is 2.09. The van der Waals surface area contributed by atoms with Crippen molar-refractivity contribution in [3.63, 3.8) is 0 Å². The Morgan fingerprint density at radius 2 is 1.85 bits per heavy atom. The molecule has 0 aromatic rings. The lowest BCUT2D eigenvalue weighted by atomic mass is 10.0. The SMILES string of the molecule is CCC(CC)CNCC(N)C(N)=O. The Morgan fingerprint density at radius 3 is 2.23 bits per heavy atom. The maximum absolute atomic E-state index is 10.6. The largest absolute Gasteiger partial charge is 0.368 e. The molecule has 0 aliphatic carbocycles. The van der Waals surface area contributed by atoms with Crippen LogP contribution in [0.5, 0.6) is 0 Å². The van der Waals surface area contributed by atoms with E-state index in [9.17, 15) is 4.79 Å². The minimum Gasteiger partial charge on any atom is -0.368 e. The maximum atomic E-state index is 10.6. The zero-order valence-electron chi connectivity index (χ0n) is 8.55. The molecule has 0 rings (SSSR count). The summed E-state index contributed by atoms with van der Waals surface area (Å²) in [6, 6.07) is -0.561. The van der Waals surface area contributed by atoms with Crippen LogP contribution in [-0.2, 0) is 4.79 Å². The summed E-state index contributed by atoms with van der Waals surface area (Å²) < 4.78 is 0. The van der Waals surface area contributed by atoms with Gasteiger partial charge in [-0.05, 0) is 12.5 Å². The van der Waals surface area contributed by atoms with Gasteiger partial charge >= 0.3 is 0 Å². The fourth-order valence-electron chi connectivity index (χ4n) is 1.12. The third-order valence-corrected chi connectivity index (χ3v) is 2.32. The number of nitrogens with one attached hydrogen (secondary N) is 1. The van der Waals surface area contributed by atoms with Crippen LogP contribution in [0.3, 0.4) is 0 Å². The van der Waals surface area contributed by atoms with Crippen molar-refractivity contribution >= 4 is 5.91 Å². The van der Waals surface area contributed by atoms with Gasteiger partial charge in [-0.3, -0.25) is 4.79 Å². The fraction of sp³-hybridized carbons (Fsp3) is 0.889. The van der Waals surface area contributed by atoms with Gasteiger partial charge in [0.2, 0.25) is 5.91 Å². The van der Waals surface area contributed by atoms with E-state index < -0.39 is 11.9 Å². The maximum Gasteiger partial charge on any atom is 0.235 e. The molecule has 4 nitrogen and oxygen atoms in total. The molecule has 1 amide bonds. The van der Waals surface area contributed by atoms with E-state index in [1.54, 1.807) is 0 Å². The van der Waals surface area contributed by atoms with Crippen LogP contribution < -0.4 is 16.8 Å². The van der Waals surface area contributed by atoms with E-state index in [2.05, 4.69) is 19.2 Å². The van der Waals surface area contributed by atoms with E-state index in [1.807, 2.05) is 0 Å². The fourth-order valence-corrected chi connectivity index (χ4v) is 1.12. The predicted molar refractivity (Wildman–Crippen MR) is 54.1 cm³/mol. The van der Waals surface area contributed by atoms with Crippen LogP contribution in [-0.4, -0.2) is 25.0 Å². The molecule has 0 aromatic heterocycles. The standard InChI is InChI=1S/C9H21N3O/c1-3-7(4-2)5-12-6-8(10)9(11)13/h7-8,12H,3-6,10H2,1-2H3,(H2,11,13). The van der Waals surface area contributed by atoms with Gasteiger partial charge in [-0.25, -0.2) is 0 Å². The topological polar surface area (TPSA) is 81.1 Å². The summed E-state index contributed by atoms with van der Waals surface area (Å²) in [5.74, 6) is 0.220. The van der Waals surface area contributed by atoms with Gasteiger partial charge in [0, 0.05) is 6.54 Å².